The molecule has 167 valence electrons. The van der Waals surface area contributed by atoms with E-state index in [1.54, 1.807) is 0 Å². The predicted octanol–water partition coefficient (Wildman–Crippen LogP) is -1.72. The summed E-state index contributed by atoms with van der Waals surface area (Å²) in [6.07, 6.45) is -1.89. The summed E-state index contributed by atoms with van der Waals surface area (Å²) in [5.74, 6) is 0. The van der Waals surface area contributed by atoms with Crippen molar-refractivity contribution in [3.63, 3.8) is 0 Å². The normalized spacial score (nSPS) is 22.9. The van der Waals surface area contributed by atoms with E-state index in [2.05, 4.69) is 4.98 Å². The van der Waals surface area contributed by atoms with Gasteiger partial charge < -0.3 is 10.00 Å². The SMILES string of the molecule is Cc1cn([C@H]2C[C@H](O[P+]([O-])(O)O[NH2+]c3ccc([N+](=O)[O-])cc3)[C@@H](CO)[O+]2)c(=O)[nH]c1=O. The second-order valence-corrected chi connectivity index (χ2v) is 8.07. The molecule has 1 radical (unpaired) electrons. The van der Waals surface area contributed by atoms with Gasteiger partial charge >= 0.3 is 20.1 Å². The van der Waals surface area contributed by atoms with Crippen LogP contribution in [0.3, 0.4) is 0 Å². The van der Waals surface area contributed by atoms with E-state index in [4.69, 9.17) is 13.9 Å². The fourth-order valence-corrected chi connectivity index (χ4v) is 3.81. The van der Waals surface area contributed by atoms with Crippen LogP contribution in [0.2, 0.25) is 0 Å². The maximum absolute atomic E-state index is 12.3. The van der Waals surface area contributed by atoms with E-state index in [0.29, 0.717) is 0 Å². The van der Waals surface area contributed by atoms with Crippen LogP contribution in [0.15, 0.2) is 40.1 Å². The van der Waals surface area contributed by atoms with E-state index >= 15 is 0 Å². The Labute approximate surface area is 174 Å². The number of rotatable bonds is 8. The monoisotopic (exact) mass is 459 g/mol. The van der Waals surface area contributed by atoms with Crippen LogP contribution in [0.25, 0.3) is 0 Å². The standard InChI is InChI=1S/C16H19N4O10P/c1-9-7-19(16(23)17-15(9)22)14-6-12(13(8-21)28-14)29-31(26,27)30-18-10-2-4-11(5-3-10)20(24)25/h2-5,7,12-14,18,21H,6,8H2,1H3,(H,26,27)(H,17,22,23)/q+1/p+1/t12-,13+,14+/m0/s1. The van der Waals surface area contributed by atoms with Gasteiger partial charge in [-0.15, -0.1) is 10.2 Å². The molecule has 1 unspecified atom stereocenters. The summed E-state index contributed by atoms with van der Waals surface area (Å²) >= 11 is 0. The van der Waals surface area contributed by atoms with Crippen molar-refractivity contribution in [2.75, 3.05) is 6.61 Å². The maximum atomic E-state index is 12.3. The number of hydrogen-bond acceptors (Lipinski definition) is 10. The minimum absolute atomic E-state index is 0.0813. The molecular formula is C16H20N4O10P+2. The molecule has 3 rings (SSSR count). The van der Waals surface area contributed by atoms with Crippen molar-refractivity contribution in [1.82, 2.24) is 9.55 Å². The van der Waals surface area contributed by atoms with Crippen LogP contribution in [-0.4, -0.2) is 43.3 Å². The quantitative estimate of drug-likeness (QED) is 0.115. The number of aromatic nitrogens is 2. The fourth-order valence-electron chi connectivity index (χ4n) is 2.94. The van der Waals surface area contributed by atoms with E-state index in [-0.39, 0.29) is 23.4 Å². The zero-order chi connectivity index (χ0) is 22.8. The van der Waals surface area contributed by atoms with Gasteiger partial charge in [0.15, 0.2) is 11.8 Å². The Hall–Kier alpha value is -2.55. The van der Waals surface area contributed by atoms with Gasteiger partial charge in [-0.3, -0.25) is 19.9 Å². The average Bonchev–Trinajstić information content (AvgIpc) is 3.11. The number of nitrogens with zero attached hydrogens (tertiary/aromatic N) is 2. The van der Waals surface area contributed by atoms with Crippen LogP contribution in [0, 0.1) is 17.0 Å². The number of nitrogens with one attached hydrogen (secondary N) is 1. The van der Waals surface area contributed by atoms with Crippen LogP contribution < -0.4 is 21.6 Å². The van der Waals surface area contributed by atoms with Crippen LogP contribution in [-0.2, 0) is 13.9 Å². The average molecular weight is 459 g/mol. The van der Waals surface area contributed by atoms with E-state index in [1.165, 1.54) is 37.4 Å². The van der Waals surface area contributed by atoms with Crippen molar-refractivity contribution in [2.24, 2.45) is 0 Å². The summed E-state index contributed by atoms with van der Waals surface area (Å²) in [4.78, 5) is 58.1. The zero-order valence-electron chi connectivity index (χ0n) is 16.1. The number of benzene rings is 1. The maximum Gasteiger partial charge on any atom is 0.447 e. The Morgan fingerprint density at radius 2 is 2.06 bits per heavy atom. The molecule has 1 aromatic heterocycles. The molecule has 15 heteroatoms. The Morgan fingerprint density at radius 3 is 2.68 bits per heavy atom. The van der Waals surface area contributed by atoms with Gasteiger partial charge in [-0.25, -0.2) is 9.36 Å². The van der Waals surface area contributed by atoms with Crippen molar-refractivity contribution in [3.05, 3.63) is 67.0 Å². The van der Waals surface area contributed by atoms with Gasteiger partial charge in [0.25, 0.3) is 17.4 Å². The molecule has 2 aromatic rings. The Kier molecular flexibility index (Phi) is 6.93. The number of quaternary nitrogens is 1. The van der Waals surface area contributed by atoms with Crippen LogP contribution in [0.1, 0.15) is 18.2 Å². The first-order chi connectivity index (χ1) is 14.6. The molecule has 0 aliphatic carbocycles. The highest BCUT2D eigenvalue weighted by molar-refractivity contribution is 7.52. The molecule has 1 fully saturated rings. The molecule has 0 spiro atoms. The van der Waals surface area contributed by atoms with E-state index < -0.39 is 49.4 Å². The zero-order valence-corrected chi connectivity index (χ0v) is 17.0. The first-order valence-electron chi connectivity index (χ1n) is 8.95. The second kappa shape index (κ2) is 9.30. The Balaban J connectivity index is 1.66. The molecule has 0 amide bonds. The fraction of sp³-hybridized carbons (Fsp3) is 0.375. The summed E-state index contributed by atoms with van der Waals surface area (Å²) in [6, 6.07) is 5.02. The molecule has 14 nitrogen and oxygen atoms in total. The molecule has 0 bridgehead atoms. The van der Waals surface area contributed by atoms with E-state index in [0.717, 1.165) is 10.0 Å². The highest BCUT2D eigenvalue weighted by Crippen LogP contribution is 2.49. The number of H-pyrrole nitrogens is 1. The highest BCUT2D eigenvalue weighted by atomic mass is 31.2. The number of aryl methyl sites for hydroxylation is 1. The number of aliphatic hydroxyl groups excluding tert-OH is 1. The summed E-state index contributed by atoms with van der Waals surface area (Å²) in [5.41, 5.74) is -0.0245. The summed E-state index contributed by atoms with van der Waals surface area (Å²) in [6.45, 7) is 0.926. The van der Waals surface area contributed by atoms with Gasteiger partial charge in [-0.2, -0.15) is 9.42 Å². The minimum atomic E-state index is -4.66. The third-order valence-corrected chi connectivity index (χ3v) is 5.42. The van der Waals surface area contributed by atoms with Crippen LogP contribution in [0.4, 0.5) is 11.4 Å². The number of nitro benzene ring substituents is 1. The third-order valence-electron chi connectivity index (χ3n) is 4.51. The van der Waals surface area contributed by atoms with Crippen molar-refractivity contribution in [2.45, 2.75) is 31.8 Å². The lowest BCUT2D eigenvalue weighted by molar-refractivity contribution is -0.808. The van der Waals surface area contributed by atoms with Gasteiger partial charge in [0.2, 0.25) is 0 Å². The highest BCUT2D eigenvalue weighted by Gasteiger charge is 2.54. The first-order valence-corrected chi connectivity index (χ1v) is 10.4. The van der Waals surface area contributed by atoms with E-state index in [1.807, 2.05) is 0 Å². The molecule has 1 aliphatic heterocycles. The van der Waals surface area contributed by atoms with Crippen molar-refractivity contribution >= 4 is 19.5 Å². The number of nitro groups is 1. The lowest BCUT2D eigenvalue weighted by Crippen LogP contribution is -2.77. The second-order valence-electron chi connectivity index (χ2n) is 6.71. The number of aromatic amines is 1. The predicted molar refractivity (Wildman–Crippen MR) is 101 cm³/mol. The summed E-state index contributed by atoms with van der Waals surface area (Å²) < 4.78 is 16.5. The van der Waals surface area contributed by atoms with Crippen LogP contribution >= 0.6 is 8.17 Å². The van der Waals surface area contributed by atoms with E-state index in [9.17, 15) is 34.6 Å². The largest absolute Gasteiger partial charge is 0.601 e. The van der Waals surface area contributed by atoms with Gasteiger partial charge in [0.05, 0.1) is 11.3 Å². The smallest absolute Gasteiger partial charge is 0.447 e. The van der Waals surface area contributed by atoms with Gasteiger partial charge in [-0.1, -0.05) is 0 Å². The third kappa shape index (κ3) is 5.58. The molecule has 0 saturated carbocycles. The van der Waals surface area contributed by atoms with Crippen molar-refractivity contribution in [1.29, 1.82) is 0 Å². The number of non-ortho nitro benzene ring substituents is 1. The summed E-state index contributed by atoms with van der Waals surface area (Å²) in [7, 11) is -4.66. The topological polar surface area (TPSA) is 208 Å². The Morgan fingerprint density at radius 1 is 1.39 bits per heavy atom. The minimum Gasteiger partial charge on any atom is -0.601 e. The van der Waals surface area contributed by atoms with Crippen molar-refractivity contribution < 1.29 is 39.2 Å². The first kappa shape index (κ1) is 23.1. The van der Waals surface area contributed by atoms with Gasteiger partial charge in [-0.05, 0) is 6.92 Å². The van der Waals surface area contributed by atoms with Crippen molar-refractivity contribution in [3.8, 4) is 0 Å². The lowest BCUT2D eigenvalue weighted by Gasteiger charge is -2.18. The number of nitrogens with two attached hydrogens (primary N) is 1. The number of aliphatic hydroxyl groups is 1. The molecule has 1 aromatic carbocycles. The summed E-state index contributed by atoms with van der Waals surface area (Å²) in [5, 5.41) is 20.2. The number of ether oxygens (including phenoxy) is 1. The Bertz CT molecular complexity index is 1050. The molecule has 1 saturated heterocycles. The van der Waals surface area contributed by atoms with Crippen LogP contribution in [0.5, 0.6) is 0 Å². The number of phosphoric acid groups is 1. The number of hydrogen-bond donors (Lipinski definition) is 4. The van der Waals surface area contributed by atoms with Gasteiger partial charge in [0, 0.05) is 40.7 Å². The molecule has 2 heterocycles. The van der Waals surface area contributed by atoms with Gasteiger partial charge in [0.1, 0.15) is 6.61 Å². The molecule has 4 atom stereocenters. The number of phosphoric ester groups is 1. The molecular weight excluding hydrogens is 439 g/mol. The molecule has 5 N–H and O–H groups in total. The molecule has 1 aliphatic rings. The molecule has 31 heavy (non-hydrogen) atoms. The lowest BCUT2D eigenvalue weighted by atomic mass is 10.2.